The molecule has 0 amide bonds. The number of carbonyl (C=O) groups is 1. The number of ketones is 1. The van der Waals surface area contributed by atoms with Crippen LogP contribution in [0.15, 0.2) is 24.3 Å². The summed E-state index contributed by atoms with van der Waals surface area (Å²) in [5.41, 5.74) is 1.29. The van der Waals surface area contributed by atoms with Crippen molar-refractivity contribution in [2.45, 2.75) is 25.0 Å². The number of hydrogen-bond acceptors (Lipinski definition) is 4. The van der Waals surface area contributed by atoms with E-state index in [9.17, 15) is 15.0 Å². The van der Waals surface area contributed by atoms with Crippen molar-refractivity contribution in [3.63, 3.8) is 0 Å². The molecule has 2 atom stereocenters. The van der Waals surface area contributed by atoms with Crippen molar-refractivity contribution >= 4 is 18.4 Å². The van der Waals surface area contributed by atoms with Crippen LogP contribution in [0.2, 0.25) is 0 Å². The molecule has 3 nitrogen and oxygen atoms in total. The van der Waals surface area contributed by atoms with E-state index in [2.05, 4.69) is 12.6 Å². The molecule has 0 saturated heterocycles. The summed E-state index contributed by atoms with van der Waals surface area (Å²) in [6, 6.07) is 6.80. The molecule has 92 valence electrons. The van der Waals surface area contributed by atoms with Gasteiger partial charge in [0.1, 0.15) is 6.10 Å². The zero-order valence-electron chi connectivity index (χ0n) is 9.41. The molecule has 2 N–H and O–H groups in total. The molecule has 0 bridgehead atoms. The highest BCUT2D eigenvalue weighted by molar-refractivity contribution is 7.80. The minimum absolute atomic E-state index is 0.181. The van der Waals surface area contributed by atoms with E-state index in [0.717, 1.165) is 12.8 Å². The number of benzene rings is 1. The average Bonchev–Trinajstić information content (AvgIpc) is 3.20. The van der Waals surface area contributed by atoms with Gasteiger partial charge in [-0.2, -0.15) is 12.6 Å². The van der Waals surface area contributed by atoms with Gasteiger partial charge in [0.15, 0.2) is 5.78 Å². The number of aliphatic hydroxyl groups is 2. The molecule has 0 aromatic heterocycles. The third-order valence-corrected chi connectivity index (χ3v) is 3.41. The normalized spacial score (nSPS) is 18.8. The molecular weight excluding hydrogens is 236 g/mol. The quantitative estimate of drug-likeness (QED) is 0.551. The van der Waals surface area contributed by atoms with Gasteiger partial charge < -0.3 is 10.2 Å². The summed E-state index contributed by atoms with van der Waals surface area (Å²) < 4.78 is 0. The Morgan fingerprint density at radius 3 is 2.35 bits per heavy atom. The molecule has 1 fully saturated rings. The first kappa shape index (κ1) is 12.6. The SMILES string of the molecule is O=C(c1ccc(C(O)C(O)CS)cc1)C1CC1. The van der Waals surface area contributed by atoms with Gasteiger partial charge in [0.25, 0.3) is 0 Å². The van der Waals surface area contributed by atoms with Crippen molar-refractivity contribution < 1.29 is 15.0 Å². The second-order valence-corrected chi connectivity index (χ2v) is 4.82. The fourth-order valence-corrected chi connectivity index (χ4v) is 1.95. The highest BCUT2D eigenvalue weighted by Crippen LogP contribution is 2.32. The Morgan fingerprint density at radius 1 is 1.29 bits per heavy atom. The molecule has 1 aromatic rings. The first-order valence-electron chi connectivity index (χ1n) is 5.74. The smallest absolute Gasteiger partial charge is 0.165 e. The second-order valence-electron chi connectivity index (χ2n) is 4.46. The molecule has 4 heteroatoms. The first-order valence-corrected chi connectivity index (χ1v) is 6.38. The summed E-state index contributed by atoms with van der Waals surface area (Å²) in [4.78, 5) is 11.8. The standard InChI is InChI=1S/C13H16O3S/c14-11(7-17)13(16)10-5-3-9(4-6-10)12(15)8-1-2-8/h3-6,8,11,13-14,16-17H,1-2,7H2. The van der Waals surface area contributed by atoms with Crippen molar-refractivity contribution in [2.24, 2.45) is 5.92 Å². The van der Waals surface area contributed by atoms with E-state index in [1.54, 1.807) is 24.3 Å². The summed E-state index contributed by atoms with van der Waals surface area (Å²) in [7, 11) is 0. The summed E-state index contributed by atoms with van der Waals surface area (Å²) in [6.45, 7) is 0. The fourth-order valence-electron chi connectivity index (χ4n) is 1.75. The van der Waals surface area contributed by atoms with Gasteiger partial charge in [-0.15, -0.1) is 0 Å². The van der Waals surface area contributed by atoms with Crippen molar-refractivity contribution in [3.8, 4) is 0 Å². The number of carbonyl (C=O) groups excluding carboxylic acids is 1. The molecular formula is C13H16O3S. The second kappa shape index (κ2) is 5.21. The molecule has 2 unspecified atom stereocenters. The number of hydrogen-bond donors (Lipinski definition) is 3. The van der Waals surface area contributed by atoms with Crippen LogP contribution < -0.4 is 0 Å². The van der Waals surface area contributed by atoms with Crippen LogP contribution in [0.25, 0.3) is 0 Å². The molecule has 0 heterocycles. The van der Waals surface area contributed by atoms with Crippen LogP contribution in [0.5, 0.6) is 0 Å². The van der Waals surface area contributed by atoms with Crippen molar-refractivity contribution in [2.75, 3.05) is 5.75 Å². The number of rotatable bonds is 5. The molecule has 1 aliphatic rings. The lowest BCUT2D eigenvalue weighted by Gasteiger charge is -2.16. The van der Waals surface area contributed by atoms with Crippen LogP contribution in [0, 0.1) is 5.92 Å². The van der Waals surface area contributed by atoms with Gasteiger partial charge >= 0.3 is 0 Å². The van der Waals surface area contributed by atoms with Gasteiger partial charge in [-0.25, -0.2) is 0 Å². The molecule has 0 spiro atoms. The zero-order chi connectivity index (χ0) is 12.4. The van der Waals surface area contributed by atoms with E-state index in [0.29, 0.717) is 11.1 Å². The maximum absolute atomic E-state index is 11.8. The monoisotopic (exact) mass is 252 g/mol. The van der Waals surface area contributed by atoms with Gasteiger partial charge in [0.2, 0.25) is 0 Å². The molecule has 0 radical (unpaired) electrons. The summed E-state index contributed by atoms with van der Waals surface area (Å²) >= 11 is 3.93. The average molecular weight is 252 g/mol. The number of thiol groups is 1. The van der Waals surface area contributed by atoms with Crippen LogP contribution in [-0.4, -0.2) is 27.9 Å². The van der Waals surface area contributed by atoms with E-state index in [-0.39, 0.29) is 17.5 Å². The van der Waals surface area contributed by atoms with E-state index in [1.165, 1.54) is 0 Å². The van der Waals surface area contributed by atoms with Gasteiger partial charge in [-0.1, -0.05) is 24.3 Å². The molecule has 2 rings (SSSR count). The van der Waals surface area contributed by atoms with Crippen LogP contribution in [-0.2, 0) is 0 Å². The van der Waals surface area contributed by atoms with Crippen LogP contribution in [0.3, 0.4) is 0 Å². The third-order valence-electron chi connectivity index (χ3n) is 3.04. The summed E-state index contributed by atoms with van der Waals surface area (Å²) in [6.07, 6.45) is 0.143. The lowest BCUT2D eigenvalue weighted by atomic mass is 10.0. The third kappa shape index (κ3) is 2.89. The Morgan fingerprint density at radius 2 is 1.88 bits per heavy atom. The van der Waals surface area contributed by atoms with E-state index in [1.807, 2.05) is 0 Å². The van der Waals surface area contributed by atoms with E-state index in [4.69, 9.17) is 0 Å². The highest BCUT2D eigenvalue weighted by Gasteiger charge is 2.30. The van der Waals surface area contributed by atoms with E-state index >= 15 is 0 Å². The number of Topliss-reactive ketones (excluding diaryl/α,β-unsaturated/α-hetero) is 1. The maximum atomic E-state index is 11.8. The fraction of sp³-hybridized carbons (Fsp3) is 0.462. The molecule has 1 aromatic carbocycles. The minimum Gasteiger partial charge on any atom is -0.389 e. The number of aliphatic hydroxyl groups excluding tert-OH is 2. The Kier molecular flexibility index (Phi) is 3.86. The van der Waals surface area contributed by atoms with Crippen molar-refractivity contribution in [1.29, 1.82) is 0 Å². The Labute approximate surface area is 106 Å². The Bertz CT molecular complexity index is 398. The Balaban J connectivity index is 2.09. The van der Waals surface area contributed by atoms with Gasteiger partial charge in [0.05, 0.1) is 6.10 Å². The van der Waals surface area contributed by atoms with Crippen LogP contribution >= 0.6 is 12.6 Å². The molecule has 0 aliphatic heterocycles. The first-order chi connectivity index (χ1) is 8.13. The van der Waals surface area contributed by atoms with Gasteiger partial charge in [-0.05, 0) is 18.4 Å². The van der Waals surface area contributed by atoms with Crippen LogP contribution in [0.1, 0.15) is 34.9 Å². The predicted octanol–water partition coefficient (Wildman–Crippen LogP) is 1.60. The molecule has 17 heavy (non-hydrogen) atoms. The summed E-state index contributed by atoms with van der Waals surface area (Å²) in [5, 5.41) is 19.2. The Hall–Kier alpha value is -0.840. The summed E-state index contributed by atoms with van der Waals surface area (Å²) in [5.74, 6) is 0.582. The lowest BCUT2D eigenvalue weighted by Crippen LogP contribution is -2.19. The maximum Gasteiger partial charge on any atom is 0.165 e. The van der Waals surface area contributed by atoms with Crippen molar-refractivity contribution in [1.82, 2.24) is 0 Å². The topological polar surface area (TPSA) is 57.5 Å². The predicted molar refractivity (Wildman–Crippen MR) is 68.3 cm³/mol. The van der Waals surface area contributed by atoms with Crippen LogP contribution in [0.4, 0.5) is 0 Å². The van der Waals surface area contributed by atoms with Crippen molar-refractivity contribution in [3.05, 3.63) is 35.4 Å². The zero-order valence-corrected chi connectivity index (χ0v) is 10.3. The molecule has 1 aliphatic carbocycles. The minimum atomic E-state index is -0.947. The molecule has 1 saturated carbocycles. The highest BCUT2D eigenvalue weighted by atomic mass is 32.1. The largest absolute Gasteiger partial charge is 0.389 e. The lowest BCUT2D eigenvalue weighted by molar-refractivity contribution is 0.0337. The van der Waals surface area contributed by atoms with Gasteiger partial charge in [-0.3, -0.25) is 4.79 Å². The van der Waals surface area contributed by atoms with E-state index < -0.39 is 12.2 Å². The van der Waals surface area contributed by atoms with Gasteiger partial charge in [0, 0.05) is 17.2 Å².